The van der Waals surface area contributed by atoms with Gasteiger partial charge in [0.15, 0.2) is 0 Å². The molecule has 4 heterocycles. The third kappa shape index (κ3) is 3.39. The van der Waals surface area contributed by atoms with Crippen LogP contribution in [0.25, 0.3) is 11.3 Å². The van der Waals surface area contributed by atoms with Crippen LogP contribution in [0.1, 0.15) is 10.4 Å². The molecule has 0 aliphatic carbocycles. The molecule has 1 saturated heterocycles. The lowest BCUT2D eigenvalue weighted by molar-refractivity contribution is 0.0746. The zero-order valence-electron chi connectivity index (χ0n) is 13.7. The Balaban J connectivity index is 1.45. The van der Waals surface area contributed by atoms with Gasteiger partial charge in [0.1, 0.15) is 5.82 Å². The van der Waals surface area contributed by atoms with Crippen molar-refractivity contribution in [3.63, 3.8) is 0 Å². The SMILES string of the molecule is O=C(c1ccnc(-c2ccsc2)c1)N1CCN(c2ccccn2)CC1. The molecule has 0 saturated carbocycles. The number of piperazine rings is 1. The molecule has 4 rings (SSSR count). The zero-order chi connectivity index (χ0) is 17.1. The Bertz CT molecular complexity index is 843. The Morgan fingerprint density at radius 3 is 2.60 bits per heavy atom. The molecule has 25 heavy (non-hydrogen) atoms. The second-order valence-electron chi connectivity index (χ2n) is 5.91. The minimum Gasteiger partial charge on any atom is -0.353 e. The summed E-state index contributed by atoms with van der Waals surface area (Å²) >= 11 is 1.63. The Hall–Kier alpha value is -2.73. The normalized spacial score (nSPS) is 14.6. The number of carbonyl (C=O) groups excluding carboxylic acids is 1. The number of carbonyl (C=O) groups is 1. The molecule has 1 fully saturated rings. The Kier molecular flexibility index (Phi) is 4.43. The highest BCUT2D eigenvalue weighted by molar-refractivity contribution is 7.08. The molecule has 5 nitrogen and oxygen atoms in total. The first-order valence-corrected chi connectivity index (χ1v) is 9.19. The van der Waals surface area contributed by atoms with Crippen molar-refractivity contribution in [1.82, 2.24) is 14.9 Å². The summed E-state index contributed by atoms with van der Waals surface area (Å²) in [4.78, 5) is 25.7. The van der Waals surface area contributed by atoms with Crippen LogP contribution in [0.5, 0.6) is 0 Å². The van der Waals surface area contributed by atoms with Crippen molar-refractivity contribution >= 4 is 23.1 Å². The number of thiophene rings is 1. The number of aromatic nitrogens is 2. The number of rotatable bonds is 3. The summed E-state index contributed by atoms with van der Waals surface area (Å²) < 4.78 is 0. The van der Waals surface area contributed by atoms with Gasteiger partial charge in [-0.3, -0.25) is 9.78 Å². The smallest absolute Gasteiger partial charge is 0.254 e. The lowest BCUT2D eigenvalue weighted by Gasteiger charge is -2.35. The molecule has 1 aliphatic rings. The molecule has 0 radical (unpaired) electrons. The van der Waals surface area contributed by atoms with Gasteiger partial charge in [-0.1, -0.05) is 6.07 Å². The predicted molar refractivity (Wildman–Crippen MR) is 99.9 cm³/mol. The Morgan fingerprint density at radius 2 is 1.88 bits per heavy atom. The third-order valence-electron chi connectivity index (χ3n) is 4.36. The predicted octanol–water partition coefficient (Wildman–Crippen LogP) is 3.17. The molecule has 1 aliphatic heterocycles. The summed E-state index contributed by atoms with van der Waals surface area (Å²) in [6, 6.07) is 11.6. The minimum atomic E-state index is 0.0690. The standard InChI is InChI=1S/C19H18N4OS/c24-19(15-4-7-20-17(13-15)16-5-12-25-14-16)23-10-8-22(9-11-23)18-3-1-2-6-21-18/h1-7,12-14H,8-11H2. The average Bonchev–Trinajstić information content (AvgIpc) is 3.23. The number of hydrogen-bond donors (Lipinski definition) is 0. The highest BCUT2D eigenvalue weighted by atomic mass is 32.1. The second-order valence-corrected chi connectivity index (χ2v) is 6.69. The van der Waals surface area contributed by atoms with Gasteiger partial charge in [-0.25, -0.2) is 4.98 Å². The summed E-state index contributed by atoms with van der Waals surface area (Å²) in [5, 5.41) is 4.06. The lowest BCUT2D eigenvalue weighted by Crippen LogP contribution is -2.49. The molecule has 0 spiro atoms. The van der Waals surface area contributed by atoms with E-state index in [2.05, 4.69) is 14.9 Å². The number of hydrogen-bond acceptors (Lipinski definition) is 5. The van der Waals surface area contributed by atoms with Crippen molar-refractivity contribution in [2.45, 2.75) is 0 Å². The molecule has 0 unspecified atom stereocenters. The first kappa shape index (κ1) is 15.8. The fourth-order valence-electron chi connectivity index (χ4n) is 2.99. The van der Waals surface area contributed by atoms with Crippen molar-refractivity contribution in [2.24, 2.45) is 0 Å². The van der Waals surface area contributed by atoms with Gasteiger partial charge in [0.2, 0.25) is 0 Å². The van der Waals surface area contributed by atoms with E-state index in [1.54, 1.807) is 29.8 Å². The lowest BCUT2D eigenvalue weighted by atomic mass is 10.1. The van der Waals surface area contributed by atoms with Crippen molar-refractivity contribution in [3.05, 3.63) is 65.1 Å². The van der Waals surface area contributed by atoms with E-state index in [1.807, 2.05) is 46.0 Å². The van der Waals surface area contributed by atoms with Crippen LogP contribution in [0.2, 0.25) is 0 Å². The van der Waals surface area contributed by atoms with Crippen LogP contribution >= 0.6 is 11.3 Å². The van der Waals surface area contributed by atoms with Gasteiger partial charge >= 0.3 is 0 Å². The van der Waals surface area contributed by atoms with Crippen LogP contribution in [0.15, 0.2) is 59.6 Å². The molecule has 126 valence electrons. The average molecular weight is 350 g/mol. The van der Waals surface area contributed by atoms with Crippen LogP contribution < -0.4 is 4.90 Å². The van der Waals surface area contributed by atoms with E-state index in [4.69, 9.17) is 0 Å². The zero-order valence-corrected chi connectivity index (χ0v) is 14.5. The minimum absolute atomic E-state index is 0.0690. The number of pyridine rings is 2. The summed E-state index contributed by atoms with van der Waals surface area (Å²) in [5.41, 5.74) is 2.60. The van der Waals surface area contributed by atoms with E-state index in [0.29, 0.717) is 18.7 Å². The maximum Gasteiger partial charge on any atom is 0.254 e. The molecule has 3 aromatic rings. The molecule has 0 N–H and O–H groups in total. The van der Waals surface area contributed by atoms with Crippen molar-refractivity contribution in [1.29, 1.82) is 0 Å². The van der Waals surface area contributed by atoms with E-state index < -0.39 is 0 Å². The monoisotopic (exact) mass is 350 g/mol. The quantitative estimate of drug-likeness (QED) is 0.728. The molecular weight excluding hydrogens is 332 g/mol. The van der Waals surface area contributed by atoms with Crippen LogP contribution in [0.4, 0.5) is 5.82 Å². The van der Waals surface area contributed by atoms with Crippen molar-refractivity contribution in [3.8, 4) is 11.3 Å². The van der Waals surface area contributed by atoms with Crippen LogP contribution in [-0.2, 0) is 0 Å². The Labute approximate surface area is 150 Å². The second kappa shape index (κ2) is 7.03. The first-order valence-electron chi connectivity index (χ1n) is 8.25. The number of anilines is 1. The molecule has 3 aromatic heterocycles. The third-order valence-corrected chi connectivity index (χ3v) is 5.05. The number of nitrogens with zero attached hydrogens (tertiary/aromatic N) is 4. The van der Waals surface area contributed by atoms with E-state index in [-0.39, 0.29) is 5.91 Å². The number of amides is 1. The maximum absolute atomic E-state index is 12.8. The molecule has 0 bridgehead atoms. The summed E-state index contributed by atoms with van der Waals surface area (Å²) in [6.45, 7) is 2.99. The highest BCUT2D eigenvalue weighted by Gasteiger charge is 2.23. The van der Waals surface area contributed by atoms with E-state index in [1.165, 1.54) is 0 Å². The van der Waals surface area contributed by atoms with E-state index in [9.17, 15) is 4.79 Å². The molecular formula is C19H18N4OS. The van der Waals surface area contributed by atoms with Crippen LogP contribution in [0.3, 0.4) is 0 Å². The van der Waals surface area contributed by atoms with Crippen molar-refractivity contribution in [2.75, 3.05) is 31.1 Å². The van der Waals surface area contributed by atoms with Crippen LogP contribution in [0, 0.1) is 0 Å². The summed E-state index contributed by atoms with van der Waals surface area (Å²) in [6.07, 6.45) is 3.51. The van der Waals surface area contributed by atoms with Gasteiger partial charge < -0.3 is 9.80 Å². The topological polar surface area (TPSA) is 49.3 Å². The molecule has 0 atom stereocenters. The maximum atomic E-state index is 12.8. The van der Waals surface area contributed by atoms with Crippen molar-refractivity contribution < 1.29 is 4.79 Å². The van der Waals surface area contributed by atoms with Gasteiger partial charge in [-0.2, -0.15) is 11.3 Å². The van der Waals surface area contributed by atoms with E-state index >= 15 is 0 Å². The van der Waals surface area contributed by atoms with E-state index in [0.717, 1.165) is 30.2 Å². The molecule has 1 amide bonds. The summed E-state index contributed by atoms with van der Waals surface area (Å²) in [7, 11) is 0. The fraction of sp³-hybridized carbons (Fsp3) is 0.211. The van der Waals surface area contributed by atoms with Gasteiger partial charge in [-0.05, 0) is 35.7 Å². The molecule has 6 heteroatoms. The van der Waals surface area contributed by atoms with Gasteiger partial charge in [-0.15, -0.1) is 0 Å². The van der Waals surface area contributed by atoms with Gasteiger partial charge in [0.25, 0.3) is 5.91 Å². The fourth-order valence-corrected chi connectivity index (χ4v) is 3.64. The molecule has 0 aromatic carbocycles. The largest absolute Gasteiger partial charge is 0.353 e. The first-order chi connectivity index (χ1) is 12.3. The van der Waals surface area contributed by atoms with Gasteiger partial charge in [0.05, 0.1) is 5.69 Å². The van der Waals surface area contributed by atoms with Gasteiger partial charge in [0, 0.05) is 55.1 Å². The highest BCUT2D eigenvalue weighted by Crippen LogP contribution is 2.21. The van der Waals surface area contributed by atoms with Crippen LogP contribution in [-0.4, -0.2) is 47.0 Å². The summed E-state index contributed by atoms with van der Waals surface area (Å²) in [5.74, 6) is 1.04. The Morgan fingerprint density at radius 1 is 1.00 bits per heavy atom.